The zero-order valence-corrected chi connectivity index (χ0v) is 51.6. The summed E-state index contributed by atoms with van der Waals surface area (Å²) in [4.78, 5) is 0. The molecule has 0 aromatic rings. The molecular formula is C48H87BrO12Si8. The predicted octanol–water partition coefficient (Wildman–Crippen LogP) is 14.8. The van der Waals surface area contributed by atoms with E-state index in [4.69, 9.17) is 49.4 Å². The summed E-state index contributed by atoms with van der Waals surface area (Å²) in [6, 6.07) is 0.489. The Hall–Kier alpha value is 1.48. The summed E-state index contributed by atoms with van der Waals surface area (Å²) in [5.41, 5.74) is 0.318. The van der Waals surface area contributed by atoms with Crippen molar-refractivity contribution in [3.8, 4) is 0 Å². The van der Waals surface area contributed by atoms with Crippen LogP contribution in [0.3, 0.4) is 0 Å². The van der Waals surface area contributed by atoms with Gasteiger partial charge in [0.05, 0.1) is 0 Å². The van der Waals surface area contributed by atoms with Crippen LogP contribution in [0.1, 0.15) is 238 Å². The minimum atomic E-state index is -4.03. The lowest BCUT2D eigenvalue weighted by Gasteiger charge is -2.68. The summed E-state index contributed by atoms with van der Waals surface area (Å²) in [6.07, 6.45) is 44.6. The molecule has 7 aliphatic carbocycles. The van der Waals surface area contributed by atoms with Gasteiger partial charge in [0.1, 0.15) is 0 Å². The van der Waals surface area contributed by atoms with Crippen LogP contribution in [0.4, 0.5) is 0 Å². The van der Waals surface area contributed by atoms with Gasteiger partial charge in [-0.1, -0.05) is 163 Å². The Morgan fingerprint density at radius 1 is 0.275 bits per heavy atom. The SMILES string of the molecule is BrCCC/C=C/C[Si]12O[Si]3(C4CCCCC4)O[Si]4(C5CCCCC5)O[Si](C5CCCCC5)(O1)O[Si]1(C5CCCCC5)O[Si](C5CCCCC5)(O2)O[Si](C2CCCCC2)(O3)O[Si](C2CCCCC2)(O4)O1. The lowest BCUT2D eigenvalue weighted by Crippen LogP contribution is -2.91. The van der Waals surface area contributed by atoms with Gasteiger partial charge >= 0.3 is 70.4 Å². The van der Waals surface area contributed by atoms with Crippen molar-refractivity contribution in [3.63, 3.8) is 0 Å². The largest absolute Gasteiger partial charge is 0.482 e. The van der Waals surface area contributed by atoms with E-state index in [0.29, 0.717) is 6.04 Å². The summed E-state index contributed by atoms with van der Waals surface area (Å²) in [6.45, 7) is 0. The van der Waals surface area contributed by atoms with Gasteiger partial charge in [-0.05, 0) is 103 Å². The lowest BCUT2D eigenvalue weighted by atomic mass is 10.0. The van der Waals surface area contributed by atoms with E-state index in [1.807, 2.05) is 0 Å². The van der Waals surface area contributed by atoms with Crippen LogP contribution in [0.5, 0.6) is 0 Å². The van der Waals surface area contributed by atoms with Gasteiger partial charge in [-0.25, -0.2) is 0 Å². The molecule has 6 saturated heterocycles. The van der Waals surface area contributed by atoms with Crippen LogP contribution in [0.2, 0.25) is 44.8 Å². The van der Waals surface area contributed by atoms with Gasteiger partial charge in [0.2, 0.25) is 0 Å². The molecule has 6 aliphatic heterocycles. The molecule has 0 aromatic heterocycles. The van der Waals surface area contributed by atoms with Gasteiger partial charge in [0, 0.05) is 50.2 Å². The van der Waals surface area contributed by atoms with E-state index in [2.05, 4.69) is 28.1 Å². The third kappa shape index (κ3) is 9.82. The quantitative estimate of drug-likeness (QED) is 0.0803. The van der Waals surface area contributed by atoms with E-state index in [-0.39, 0.29) is 38.8 Å². The first-order valence-corrected chi connectivity index (χ1v) is 45.1. The van der Waals surface area contributed by atoms with E-state index >= 15 is 0 Å². The number of unbranched alkanes of at least 4 members (excludes halogenated alkanes) is 1. The summed E-state index contributed by atoms with van der Waals surface area (Å²) < 4.78 is 104. The zero-order valence-electron chi connectivity index (χ0n) is 42.1. The van der Waals surface area contributed by atoms with Crippen LogP contribution in [-0.4, -0.2) is 75.8 Å². The molecule has 0 N–H and O–H groups in total. The van der Waals surface area contributed by atoms with E-state index in [1.54, 1.807) is 0 Å². The maximum atomic E-state index is 8.73. The maximum Gasteiger partial charge on any atom is 0.482 e. The fraction of sp³-hybridized carbons (Fsp3) is 0.958. The van der Waals surface area contributed by atoms with E-state index < -0.39 is 70.4 Å². The molecule has 13 fully saturated rings. The van der Waals surface area contributed by atoms with E-state index in [9.17, 15) is 0 Å². The van der Waals surface area contributed by atoms with Crippen molar-refractivity contribution in [3.05, 3.63) is 12.2 Å². The predicted molar refractivity (Wildman–Crippen MR) is 284 cm³/mol. The monoisotopic (exact) mass is 1160 g/mol. The Balaban J connectivity index is 1.18. The second-order valence-corrected chi connectivity index (χ2v) is 50.5. The number of allylic oxidation sites excluding steroid dienone is 2. The highest BCUT2D eigenvalue weighted by Crippen LogP contribution is 2.65. The number of hydrogen-bond acceptors (Lipinski definition) is 12. The first-order valence-electron chi connectivity index (χ1n) is 29.4. The van der Waals surface area contributed by atoms with Crippen molar-refractivity contribution in [1.82, 2.24) is 0 Å². The summed E-state index contributed by atoms with van der Waals surface area (Å²) >= 11 is 3.72. The van der Waals surface area contributed by atoms with Crippen molar-refractivity contribution in [2.45, 2.75) is 282 Å². The summed E-state index contributed by atoms with van der Waals surface area (Å²) in [5, 5.41) is 0.961. The Kier molecular flexibility index (Phi) is 15.9. The van der Waals surface area contributed by atoms with Gasteiger partial charge in [-0.15, -0.1) is 0 Å². The average molecular weight is 1160 g/mol. The lowest BCUT2D eigenvalue weighted by molar-refractivity contribution is -0.0508. The average Bonchev–Trinajstić information content (AvgIpc) is 3.37. The summed E-state index contributed by atoms with van der Waals surface area (Å²) in [5.74, 6) is 0. The number of alkyl halides is 1. The fourth-order valence-electron chi connectivity index (χ4n) is 15.5. The van der Waals surface area contributed by atoms with Crippen LogP contribution in [0, 0.1) is 0 Å². The molecule has 0 radical (unpaired) electrons. The first-order chi connectivity index (χ1) is 33.8. The van der Waals surface area contributed by atoms with Gasteiger partial charge < -0.3 is 49.4 Å². The van der Waals surface area contributed by atoms with Crippen LogP contribution < -0.4 is 0 Å². The zero-order chi connectivity index (χ0) is 46.5. The van der Waals surface area contributed by atoms with Crippen LogP contribution in [0.25, 0.3) is 0 Å². The second-order valence-electron chi connectivity index (χ2n) is 24.0. The molecule has 0 aromatic carbocycles. The van der Waals surface area contributed by atoms with Crippen molar-refractivity contribution in [2.75, 3.05) is 5.33 Å². The van der Waals surface area contributed by atoms with Crippen LogP contribution in [0.15, 0.2) is 12.2 Å². The van der Waals surface area contributed by atoms with Crippen LogP contribution >= 0.6 is 15.9 Å². The Morgan fingerprint density at radius 2 is 0.478 bits per heavy atom. The smallest absolute Gasteiger partial charge is 0.373 e. The highest BCUT2D eigenvalue weighted by Gasteiger charge is 2.88. The highest BCUT2D eigenvalue weighted by molar-refractivity contribution is 9.09. The van der Waals surface area contributed by atoms with Gasteiger partial charge in [-0.2, -0.15) is 0 Å². The third-order valence-electron chi connectivity index (χ3n) is 19.2. The molecule has 12 nitrogen and oxygen atoms in total. The molecule has 8 bridgehead atoms. The molecule has 21 heteroatoms. The fourth-order valence-corrected chi connectivity index (χ4v) is 71.6. The number of hydrogen-bond donors (Lipinski definition) is 0. The molecule has 13 rings (SSSR count). The maximum absolute atomic E-state index is 8.73. The molecule has 0 atom stereocenters. The molecule has 7 saturated carbocycles. The normalized spacial score (nSPS) is 45.3. The third-order valence-corrected chi connectivity index (χ3v) is 59.2. The number of halogens is 1. The van der Waals surface area contributed by atoms with Crippen molar-refractivity contribution < 1.29 is 49.4 Å². The Morgan fingerprint density at radius 3 is 0.681 bits per heavy atom. The van der Waals surface area contributed by atoms with Crippen molar-refractivity contribution in [1.29, 1.82) is 0 Å². The Bertz CT molecular complexity index is 1580. The minimum absolute atomic E-state index is 0.0360. The highest BCUT2D eigenvalue weighted by atomic mass is 79.9. The van der Waals surface area contributed by atoms with Crippen LogP contribution in [-0.2, 0) is 49.4 Å². The molecule has 0 unspecified atom stereocenters. The topological polar surface area (TPSA) is 111 Å². The van der Waals surface area contributed by atoms with Crippen molar-refractivity contribution >= 4 is 86.4 Å². The Labute approximate surface area is 432 Å². The molecule has 0 amide bonds. The van der Waals surface area contributed by atoms with Crippen molar-refractivity contribution in [2.24, 2.45) is 0 Å². The van der Waals surface area contributed by atoms with Gasteiger partial charge in [0.15, 0.2) is 0 Å². The molecule has 6 heterocycles. The van der Waals surface area contributed by atoms with E-state index in [0.717, 1.165) is 198 Å². The molecule has 13 aliphatic rings. The van der Waals surface area contributed by atoms with Gasteiger partial charge in [0.25, 0.3) is 0 Å². The molecule has 390 valence electrons. The van der Waals surface area contributed by atoms with E-state index in [1.165, 1.54) is 44.9 Å². The molecule has 69 heavy (non-hydrogen) atoms. The summed E-state index contributed by atoms with van der Waals surface area (Å²) in [7, 11) is -32.0. The minimum Gasteiger partial charge on any atom is -0.373 e. The standard InChI is InChI=1S/C48H87BrO12Si8/c49-40-24-1-2-25-41-62-50-63(42-26-10-3-11-27-42)53-66(45-32-16-6-17-33-45)55-64(51-62,43-28-12-4-13-29-43)57-68(47-36-20-8-21-37-47)58-65(52-62,44-30-14-5-15-31-44)56-67(54-63,46-34-18-7-19-35-46)60-69(59-66,61-68)48-38-22-9-23-39-48/h2,25,42-48H,1,3-24,26-41H2/b25-2+. The number of rotatable bonds is 12. The second kappa shape index (κ2) is 21.4. The molecular weight excluding hydrogens is 1070 g/mol. The molecule has 0 spiro atoms. The van der Waals surface area contributed by atoms with Gasteiger partial charge in [-0.3, -0.25) is 0 Å². The first kappa shape index (κ1) is 51.2.